The van der Waals surface area contributed by atoms with E-state index >= 15 is 0 Å². The molecule has 6 heteroatoms. The molecular formula is C19H25N3O2S. The Morgan fingerprint density at radius 3 is 2.48 bits per heavy atom. The van der Waals surface area contributed by atoms with Crippen LogP contribution in [0.1, 0.15) is 23.9 Å². The lowest BCUT2D eigenvalue weighted by Crippen LogP contribution is -2.50. The molecule has 1 saturated heterocycles. The number of benzene rings is 1. The van der Waals surface area contributed by atoms with Gasteiger partial charge < -0.3 is 9.32 Å². The van der Waals surface area contributed by atoms with Crippen LogP contribution in [0.2, 0.25) is 0 Å². The van der Waals surface area contributed by atoms with E-state index < -0.39 is 0 Å². The Labute approximate surface area is 153 Å². The predicted octanol–water partition coefficient (Wildman–Crippen LogP) is 3.12. The van der Waals surface area contributed by atoms with E-state index in [4.69, 9.17) is 4.42 Å². The van der Waals surface area contributed by atoms with Crippen LogP contribution in [0.5, 0.6) is 0 Å². The summed E-state index contributed by atoms with van der Waals surface area (Å²) in [4.78, 5) is 21.4. The second kappa shape index (κ2) is 8.06. The summed E-state index contributed by atoms with van der Waals surface area (Å²) in [7, 11) is 0. The number of piperazine rings is 1. The number of hydrogen-bond acceptors (Lipinski definition) is 5. The topological polar surface area (TPSA) is 49.6 Å². The molecule has 1 amide bonds. The number of carbonyl (C=O) groups excluding carboxylic acids is 1. The van der Waals surface area contributed by atoms with E-state index in [1.165, 1.54) is 17.3 Å². The van der Waals surface area contributed by atoms with Crippen LogP contribution >= 0.6 is 11.8 Å². The molecule has 0 bridgehead atoms. The summed E-state index contributed by atoms with van der Waals surface area (Å²) in [5.74, 6) is 0.981. The summed E-state index contributed by atoms with van der Waals surface area (Å²) >= 11 is 1.40. The maximum absolute atomic E-state index is 12.7. The summed E-state index contributed by atoms with van der Waals surface area (Å²) in [6.07, 6.45) is 0. The minimum Gasteiger partial charge on any atom is -0.437 e. The minimum absolute atomic E-state index is 0.165. The van der Waals surface area contributed by atoms with Gasteiger partial charge in [0.15, 0.2) is 0 Å². The number of hydrogen-bond donors (Lipinski definition) is 0. The molecule has 1 atom stereocenters. The van der Waals surface area contributed by atoms with Gasteiger partial charge in [0.1, 0.15) is 5.76 Å². The molecule has 134 valence electrons. The van der Waals surface area contributed by atoms with E-state index in [0.717, 1.165) is 44.2 Å². The fourth-order valence-electron chi connectivity index (χ4n) is 2.92. The maximum Gasteiger partial charge on any atom is 0.256 e. The first-order chi connectivity index (χ1) is 12.0. The quantitative estimate of drug-likeness (QED) is 0.768. The van der Waals surface area contributed by atoms with E-state index in [1.54, 1.807) is 0 Å². The van der Waals surface area contributed by atoms with E-state index in [0.29, 0.717) is 5.22 Å². The van der Waals surface area contributed by atoms with E-state index in [2.05, 4.69) is 34.1 Å². The number of aromatic nitrogens is 1. The van der Waals surface area contributed by atoms with Crippen molar-refractivity contribution in [3.63, 3.8) is 0 Å². The Bertz CT molecular complexity index is 689. The lowest BCUT2D eigenvalue weighted by atomic mass is 10.2. The van der Waals surface area contributed by atoms with Crippen LogP contribution in [-0.4, -0.2) is 52.1 Å². The average molecular weight is 359 g/mol. The van der Waals surface area contributed by atoms with Crippen molar-refractivity contribution in [2.45, 2.75) is 37.8 Å². The Balaban J connectivity index is 1.49. The van der Waals surface area contributed by atoms with Gasteiger partial charge in [-0.2, -0.15) is 0 Å². The number of aryl methyl sites for hydroxylation is 2. The zero-order valence-corrected chi connectivity index (χ0v) is 15.9. The smallest absolute Gasteiger partial charge is 0.256 e. The van der Waals surface area contributed by atoms with Gasteiger partial charge in [0.05, 0.1) is 10.9 Å². The number of nitrogens with zero attached hydrogens (tertiary/aromatic N) is 3. The first-order valence-electron chi connectivity index (χ1n) is 8.68. The lowest BCUT2D eigenvalue weighted by molar-refractivity contribution is -0.132. The first kappa shape index (κ1) is 18.0. The minimum atomic E-state index is -0.182. The summed E-state index contributed by atoms with van der Waals surface area (Å²) in [5.41, 5.74) is 2.21. The molecule has 25 heavy (non-hydrogen) atoms. The van der Waals surface area contributed by atoms with E-state index in [-0.39, 0.29) is 11.2 Å². The van der Waals surface area contributed by atoms with Crippen molar-refractivity contribution < 1.29 is 9.21 Å². The van der Waals surface area contributed by atoms with E-state index in [1.807, 2.05) is 31.7 Å². The molecular weight excluding hydrogens is 334 g/mol. The van der Waals surface area contributed by atoms with Crippen LogP contribution in [0.15, 0.2) is 40.0 Å². The molecule has 0 aliphatic carbocycles. The molecule has 2 aromatic rings. The SMILES string of the molecule is Cc1nc(SC(C)C(=O)N2CCN(Cc3ccccc3)CC2)oc1C. The van der Waals surface area contributed by atoms with Crippen molar-refractivity contribution in [1.82, 2.24) is 14.8 Å². The van der Waals surface area contributed by atoms with Gasteiger partial charge in [-0.25, -0.2) is 4.98 Å². The fraction of sp³-hybridized carbons (Fsp3) is 0.474. The summed E-state index contributed by atoms with van der Waals surface area (Å²) in [6.45, 7) is 10.1. The average Bonchev–Trinajstić information content (AvgIpc) is 2.93. The monoisotopic (exact) mass is 359 g/mol. The van der Waals surface area contributed by atoms with Crippen LogP contribution in [0.4, 0.5) is 0 Å². The molecule has 5 nitrogen and oxygen atoms in total. The highest BCUT2D eigenvalue weighted by Gasteiger charge is 2.26. The predicted molar refractivity (Wildman–Crippen MR) is 99.6 cm³/mol. The molecule has 0 N–H and O–H groups in total. The second-order valence-electron chi connectivity index (χ2n) is 6.47. The molecule has 1 unspecified atom stereocenters. The third kappa shape index (κ3) is 4.64. The van der Waals surface area contributed by atoms with Crippen molar-refractivity contribution >= 4 is 17.7 Å². The highest BCUT2D eigenvalue weighted by atomic mass is 32.2. The third-order valence-electron chi connectivity index (χ3n) is 4.57. The van der Waals surface area contributed by atoms with Crippen LogP contribution in [-0.2, 0) is 11.3 Å². The number of rotatable bonds is 5. The van der Waals surface area contributed by atoms with Gasteiger partial charge in [0.2, 0.25) is 5.91 Å². The molecule has 1 aliphatic rings. The molecule has 0 radical (unpaired) electrons. The van der Waals surface area contributed by atoms with Gasteiger partial charge in [-0.3, -0.25) is 9.69 Å². The summed E-state index contributed by atoms with van der Waals surface area (Å²) < 4.78 is 5.58. The molecule has 1 fully saturated rings. The van der Waals surface area contributed by atoms with Gasteiger partial charge >= 0.3 is 0 Å². The van der Waals surface area contributed by atoms with Gasteiger partial charge in [0.25, 0.3) is 5.22 Å². The molecule has 2 heterocycles. The van der Waals surface area contributed by atoms with Crippen molar-refractivity contribution in [2.75, 3.05) is 26.2 Å². The van der Waals surface area contributed by atoms with Gasteiger partial charge in [-0.15, -0.1) is 0 Å². The lowest BCUT2D eigenvalue weighted by Gasteiger charge is -2.35. The van der Waals surface area contributed by atoms with E-state index in [9.17, 15) is 4.79 Å². The standard InChI is InChI=1S/C19H25N3O2S/c1-14-15(2)24-19(20-14)25-16(3)18(23)22-11-9-21(10-12-22)13-17-7-5-4-6-8-17/h4-8,16H,9-13H2,1-3H3. The van der Waals surface area contributed by atoms with Crippen molar-refractivity contribution in [2.24, 2.45) is 0 Å². The molecule has 1 aromatic heterocycles. The number of amides is 1. The van der Waals surface area contributed by atoms with Crippen LogP contribution in [0.3, 0.4) is 0 Å². The van der Waals surface area contributed by atoms with Crippen LogP contribution in [0.25, 0.3) is 0 Å². The van der Waals surface area contributed by atoms with Crippen molar-refractivity contribution in [1.29, 1.82) is 0 Å². The van der Waals surface area contributed by atoms with Crippen molar-refractivity contribution in [3.8, 4) is 0 Å². The van der Waals surface area contributed by atoms with Crippen molar-refractivity contribution in [3.05, 3.63) is 47.3 Å². The summed E-state index contributed by atoms with van der Waals surface area (Å²) in [5, 5.41) is 0.400. The molecule has 0 spiro atoms. The Morgan fingerprint density at radius 2 is 1.88 bits per heavy atom. The van der Waals surface area contributed by atoms with Gasteiger partial charge in [-0.1, -0.05) is 42.1 Å². The normalized spacial score (nSPS) is 16.8. The third-order valence-corrected chi connectivity index (χ3v) is 5.50. The zero-order valence-electron chi connectivity index (χ0n) is 15.1. The zero-order chi connectivity index (χ0) is 17.8. The Morgan fingerprint density at radius 1 is 1.20 bits per heavy atom. The van der Waals surface area contributed by atoms with Crippen LogP contribution in [0, 0.1) is 13.8 Å². The Kier molecular flexibility index (Phi) is 5.81. The van der Waals surface area contributed by atoms with Crippen LogP contribution < -0.4 is 0 Å². The Hall–Kier alpha value is -1.79. The fourth-order valence-corrected chi connectivity index (χ4v) is 3.84. The molecule has 1 aliphatic heterocycles. The first-order valence-corrected chi connectivity index (χ1v) is 9.56. The van der Waals surface area contributed by atoms with Gasteiger partial charge in [-0.05, 0) is 26.3 Å². The molecule has 0 saturated carbocycles. The number of oxazole rings is 1. The molecule has 1 aromatic carbocycles. The molecule has 3 rings (SSSR count). The maximum atomic E-state index is 12.7. The highest BCUT2D eigenvalue weighted by molar-refractivity contribution is 8.00. The largest absolute Gasteiger partial charge is 0.437 e. The second-order valence-corrected chi connectivity index (χ2v) is 7.76. The number of thioether (sulfide) groups is 1. The van der Waals surface area contributed by atoms with Gasteiger partial charge in [0, 0.05) is 32.7 Å². The number of carbonyl (C=O) groups is 1. The highest BCUT2D eigenvalue weighted by Crippen LogP contribution is 2.26. The summed E-state index contributed by atoms with van der Waals surface area (Å²) in [6, 6.07) is 10.5.